The molecule has 3 N–H and O–H groups in total. The third-order valence-electron chi connectivity index (χ3n) is 6.42. The van der Waals surface area contributed by atoms with E-state index in [-0.39, 0.29) is 17.2 Å². The SMILES string of the molecule is Cc1cc(C)c(N(c2cccc(Oc3cc(O)cc(C)c3C)c2)c2cc(O)c(C)cc2C)cc1O. The zero-order valence-corrected chi connectivity index (χ0v) is 21.0. The van der Waals surface area contributed by atoms with Crippen LogP contribution in [0.4, 0.5) is 17.1 Å². The summed E-state index contributed by atoms with van der Waals surface area (Å²) in [7, 11) is 0. The molecule has 0 heterocycles. The Kier molecular flexibility index (Phi) is 6.35. The van der Waals surface area contributed by atoms with Crippen molar-refractivity contribution in [2.75, 3.05) is 4.90 Å². The highest BCUT2D eigenvalue weighted by Crippen LogP contribution is 2.43. The van der Waals surface area contributed by atoms with Gasteiger partial charge in [-0.1, -0.05) is 18.2 Å². The molecule has 0 saturated heterocycles. The van der Waals surface area contributed by atoms with Gasteiger partial charge in [0, 0.05) is 30.0 Å². The lowest BCUT2D eigenvalue weighted by Crippen LogP contribution is -2.13. The van der Waals surface area contributed by atoms with Gasteiger partial charge in [-0.15, -0.1) is 0 Å². The van der Waals surface area contributed by atoms with E-state index in [1.165, 1.54) is 0 Å². The van der Waals surface area contributed by atoms with Crippen LogP contribution in [0.2, 0.25) is 0 Å². The maximum atomic E-state index is 10.5. The molecule has 0 spiro atoms. The van der Waals surface area contributed by atoms with Gasteiger partial charge >= 0.3 is 0 Å². The summed E-state index contributed by atoms with van der Waals surface area (Å²) in [6, 6.07) is 18.3. The van der Waals surface area contributed by atoms with Crippen molar-refractivity contribution in [1.29, 1.82) is 0 Å². The van der Waals surface area contributed by atoms with Crippen LogP contribution in [0.1, 0.15) is 33.4 Å². The summed E-state index contributed by atoms with van der Waals surface area (Å²) in [5.74, 6) is 1.73. The van der Waals surface area contributed by atoms with E-state index >= 15 is 0 Å². The van der Waals surface area contributed by atoms with Crippen molar-refractivity contribution >= 4 is 17.1 Å². The van der Waals surface area contributed by atoms with Gasteiger partial charge in [0.1, 0.15) is 28.7 Å². The minimum Gasteiger partial charge on any atom is -0.508 e. The summed E-state index contributed by atoms with van der Waals surface area (Å²) >= 11 is 0. The first-order chi connectivity index (χ1) is 16.5. The van der Waals surface area contributed by atoms with Crippen LogP contribution < -0.4 is 9.64 Å². The van der Waals surface area contributed by atoms with Crippen LogP contribution in [-0.2, 0) is 0 Å². The molecule has 4 aromatic carbocycles. The quantitative estimate of drug-likeness (QED) is 0.277. The van der Waals surface area contributed by atoms with Crippen LogP contribution in [0, 0.1) is 41.5 Å². The second-order valence-corrected chi connectivity index (χ2v) is 9.17. The van der Waals surface area contributed by atoms with E-state index in [9.17, 15) is 15.3 Å². The number of aryl methyl sites for hydroxylation is 5. The van der Waals surface area contributed by atoms with Gasteiger partial charge in [0.05, 0.1) is 11.4 Å². The molecule has 0 aliphatic heterocycles. The monoisotopic (exact) mass is 469 g/mol. The number of ether oxygens (including phenoxy) is 1. The number of hydrogen-bond donors (Lipinski definition) is 3. The van der Waals surface area contributed by atoms with Crippen molar-refractivity contribution in [3.05, 3.63) is 94.0 Å². The lowest BCUT2D eigenvalue weighted by atomic mass is 10.0. The third-order valence-corrected chi connectivity index (χ3v) is 6.42. The molecule has 5 nitrogen and oxygen atoms in total. The van der Waals surface area contributed by atoms with Crippen LogP contribution in [-0.4, -0.2) is 15.3 Å². The summed E-state index contributed by atoms with van der Waals surface area (Å²) < 4.78 is 6.19. The predicted octanol–water partition coefficient (Wildman–Crippen LogP) is 7.92. The Morgan fingerprint density at radius 2 is 1.17 bits per heavy atom. The van der Waals surface area contributed by atoms with E-state index in [1.807, 2.05) is 82.8 Å². The molecular formula is C30H31NO4. The number of benzene rings is 4. The van der Waals surface area contributed by atoms with Crippen LogP contribution in [0.3, 0.4) is 0 Å². The number of hydrogen-bond acceptors (Lipinski definition) is 5. The van der Waals surface area contributed by atoms with Gasteiger partial charge in [0.2, 0.25) is 0 Å². The summed E-state index contributed by atoms with van der Waals surface area (Å²) in [5.41, 5.74) is 7.81. The molecule has 5 heteroatoms. The molecule has 4 rings (SSSR count). The summed E-state index contributed by atoms with van der Waals surface area (Å²) in [6.07, 6.45) is 0. The molecule has 4 aromatic rings. The van der Waals surface area contributed by atoms with Gasteiger partial charge in [-0.25, -0.2) is 0 Å². The Morgan fingerprint density at radius 3 is 1.74 bits per heavy atom. The summed E-state index contributed by atoms with van der Waals surface area (Å²) in [6.45, 7) is 11.6. The van der Waals surface area contributed by atoms with Gasteiger partial charge in [-0.3, -0.25) is 0 Å². The highest BCUT2D eigenvalue weighted by Gasteiger charge is 2.20. The summed E-state index contributed by atoms with van der Waals surface area (Å²) in [4.78, 5) is 2.01. The first-order valence-corrected chi connectivity index (χ1v) is 11.5. The zero-order valence-electron chi connectivity index (χ0n) is 21.0. The smallest absolute Gasteiger partial charge is 0.134 e. The molecule has 0 fully saturated rings. The van der Waals surface area contributed by atoms with Crippen LogP contribution in [0.5, 0.6) is 28.7 Å². The van der Waals surface area contributed by atoms with Crippen molar-refractivity contribution in [1.82, 2.24) is 0 Å². The van der Waals surface area contributed by atoms with E-state index in [0.717, 1.165) is 50.4 Å². The number of anilines is 3. The Bertz CT molecular complexity index is 1370. The molecule has 0 aliphatic carbocycles. The molecule has 0 bridgehead atoms. The molecule has 0 atom stereocenters. The van der Waals surface area contributed by atoms with Gasteiger partial charge in [0.25, 0.3) is 0 Å². The van der Waals surface area contributed by atoms with Crippen LogP contribution in [0.15, 0.2) is 60.7 Å². The second-order valence-electron chi connectivity index (χ2n) is 9.17. The van der Waals surface area contributed by atoms with Crippen LogP contribution in [0.25, 0.3) is 0 Å². The fourth-order valence-corrected chi connectivity index (χ4v) is 4.28. The van der Waals surface area contributed by atoms with Crippen molar-refractivity contribution in [2.24, 2.45) is 0 Å². The molecule has 0 amide bonds. The van der Waals surface area contributed by atoms with Gasteiger partial charge < -0.3 is 25.0 Å². The van der Waals surface area contributed by atoms with E-state index in [0.29, 0.717) is 11.5 Å². The maximum Gasteiger partial charge on any atom is 0.134 e. The average molecular weight is 470 g/mol. The minimum atomic E-state index is 0.150. The first kappa shape index (κ1) is 24.0. The fourth-order valence-electron chi connectivity index (χ4n) is 4.28. The Morgan fingerprint density at radius 1 is 0.600 bits per heavy atom. The predicted molar refractivity (Wildman–Crippen MR) is 141 cm³/mol. The van der Waals surface area contributed by atoms with Gasteiger partial charge in [-0.05, 0) is 93.1 Å². The molecule has 0 saturated carbocycles. The average Bonchev–Trinajstić information content (AvgIpc) is 2.79. The Labute approximate surface area is 206 Å². The Balaban J connectivity index is 1.88. The van der Waals surface area contributed by atoms with E-state index in [2.05, 4.69) is 0 Å². The molecule has 0 aromatic heterocycles. The first-order valence-electron chi connectivity index (χ1n) is 11.5. The Hall–Kier alpha value is -4.12. The highest BCUT2D eigenvalue weighted by atomic mass is 16.5. The molecule has 0 radical (unpaired) electrons. The number of phenolic OH excluding ortho intramolecular Hbond substituents is 3. The number of rotatable bonds is 5. The molecule has 35 heavy (non-hydrogen) atoms. The number of nitrogens with zero attached hydrogens (tertiary/aromatic N) is 1. The van der Waals surface area contributed by atoms with E-state index in [4.69, 9.17) is 4.74 Å². The molecular weight excluding hydrogens is 438 g/mol. The zero-order chi connectivity index (χ0) is 25.4. The standard InChI is InChI=1S/C30H31NO4/c1-17-12-24(32)14-30(22(17)6)35-25-9-7-8-23(13-25)31(26-15-28(33)20(4)10-18(26)2)27-16-29(34)21(5)11-19(27)3/h7-16,32-34H,1-6H3. The highest BCUT2D eigenvalue weighted by molar-refractivity contribution is 5.82. The van der Waals surface area contributed by atoms with Crippen LogP contribution >= 0.6 is 0 Å². The molecule has 0 aliphatic rings. The van der Waals surface area contributed by atoms with Crippen molar-refractivity contribution < 1.29 is 20.1 Å². The van der Waals surface area contributed by atoms with E-state index in [1.54, 1.807) is 24.3 Å². The van der Waals surface area contributed by atoms with E-state index < -0.39 is 0 Å². The maximum absolute atomic E-state index is 10.5. The largest absolute Gasteiger partial charge is 0.508 e. The lowest BCUT2D eigenvalue weighted by molar-refractivity contribution is 0.452. The van der Waals surface area contributed by atoms with Crippen molar-refractivity contribution in [3.63, 3.8) is 0 Å². The number of phenols is 3. The molecule has 180 valence electrons. The van der Waals surface area contributed by atoms with Crippen molar-refractivity contribution in [3.8, 4) is 28.7 Å². The number of aromatic hydroxyl groups is 3. The lowest BCUT2D eigenvalue weighted by Gasteiger charge is -2.29. The second kappa shape index (κ2) is 9.26. The molecule has 0 unspecified atom stereocenters. The minimum absolute atomic E-state index is 0.150. The van der Waals surface area contributed by atoms with Gasteiger partial charge in [0.15, 0.2) is 0 Å². The normalized spacial score (nSPS) is 10.9. The summed E-state index contributed by atoms with van der Waals surface area (Å²) in [5, 5.41) is 31.1. The van der Waals surface area contributed by atoms with Gasteiger partial charge in [-0.2, -0.15) is 0 Å². The fraction of sp³-hybridized carbons (Fsp3) is 0.200. The topological polar surface area (TPSA) is 73.2 Å². The van der Waals surface area contributed by atoms with Crippen molar-refractivity contribution in [2.45, 2.75) is 41.5 Å². The third kappa shape index (κ3) is 4.76.